The highest BCUT2D eigenvalue weighted by atomic mass is 16.1. The Morgan fingerprint density at radius 2 is 1.69 bits per heavy atom. The van der Waals surface area contributed by atoms with Crippen molar-refractivity contribution in [1.82, 2.24) is 9.97 Å². The summed E-state index contributed by atoms with van der Waals surface area (Å²) in [4.78, 5) is 22.0. The number of amides is 1. The molecule has 0 aliphatic rings. The first-order valence-electron chi connectivity index (χ1n) is 8.33. The van der Waals surface area contributed by atoms with Crippen LogP contribution in [0.1, 0.15) is 12.5 Å². The lowest BCUT2D eigenvalue weighted by Gasteiger charge is -2.18. The van der Waals surface area contributed by atoms with E-state index in [0.29, 0.717) is 5.95 Å². The first-order valence-corrected chi connectivity index (χ1v) is 8.33. The third-order valence-electron chi connectivity index (χ3n) is 3.76. The van der Waals surface area contributed by atoms with Gasteiger partial charge in [0.25, 0.3) is 0 Å². The zero-order chi connectivity index (χ0) is 18.4. The molecule has 0 unspecified atom stereocenters. The molecule has 0 saturated heterocycles. The lowest BCUT2D eigenvalue weighted by Crippen LogP contribution is -2.18. The molecule has 0 aliphatic heterocycles. The van der Waals surface area contributed by atoms with Crippen molar-refractivity contribution in [1.29, 1.82) is 0 Å². The van der Waals surface area contributed by atoms with Crippen LogP contribution in [0.4, 0.5) is 23.1 Å². The Kier molecular flexibility index (Phi) is 5.43. The third kappa shape index (κ3) is 4.80. The van der Waals surface area contributed by atoms with E-state index in [4.69, 9.17) is 0 Å². The predicted molar refractivity (Wildman–Crippen MR) is 105 cm³/mol. The van der Waals surface area contributed by atoms with E-state index in [9.17, 15) is 4.79 Å². The molecule has 1 amide bonds. The first-order chi connectivity index (χ1) is 12.6. The topological polar surface area (TPSA) is 70.2 Å². The summed E-state index contributed by atoms with van der Waals surface area (Å²) in [6, 6.07) is 19.5. The lowest BCUT2D eigenvalue weighted by atomic mass is 10.2. The summed E-state index contributed by atoms with van der Waals surface area (Å²) < 4.78 is 0. The largest absolute Gasteiger partial charge is 0.355 e. The highest BCUT2D eigenvalue weighted by Gasteiger charge is 2.06. The van der Waals surface area contributed by atoms with E-state index in [1.807, 2.05) is 55.6 Å². The molecular formula is C20H21N5O. The molecule has 0 radical (unpaired) electrons. The minimum atomic E-state index is -0.0943. The molecule has 6 nitrogen and oxygen atoms in total. The van der Waals surface area contributed by atoms with Crippen LogP contribution < -0.4 is 15.5 Å². The molecule has 26 heavy (non-hydrogen) atoms. The average molecular weight is 347 g/mol. The van der Waals surface area contributed by atoms with Crippen LogP contribution in [-0.4, -0.2) is 22.9 Å². The van der Waals surface area contributed by atoms with Gasteiger partial charge in [0.2, 0.25) is 11.9 Å². The number of aromatic nitrogens is 2. The summed E-state index contributed by atoms with van der Waals surface area (Å²) in [7, 11) is 2.00. The van der Waals surface area contributed by atoms with Crippen molar-refractivity contribution in [3.05, 3.63) is 72.4 Å². The van der Waals surface area contributed by atoms with Gasteiger partial charge in [-0.05, 0) is 35.9 Å². The van der Waals surface area contributed by atoms with E-state index >= 15 is 0 Å². The van der Waals surface area contributed by atoms with Crippen molar-refractivity contribution < 1.29 is 4.79 Å². The monoisotopic (exact) mass is 347 g/mol. The zero-order valence-electron chi connectivity index (χ0n) is 14.8. The van der Waals surface area contributed by atoms with Gasteiger partial charge in [-0.3, -0.25) is 4.79 Å². The molecule has 3 aromatic rings. The average Bonchev–Trinajstić information content (AvgIpc) is 2.64. The summed E-state index contributed by atoms with van der Waals surface area (Å²) in [6.07, 6.45) is 1.73. The first kappa shape index (κ1) is 17.4. The molecule has 0 atom stereocenters. The maximum absolute atomic E-state index is 11.1. The summed E-state index contributed by atoms with van der Waals surface area (Å²) in [6.45, 7) is 2.25. The molecular weight excluding hydrogens is 326 g/mol. The van der Waals surface area contributed by atoms with Crippen LogP contribution in [0.25, 0.3) is 0 Å². The van der Waals surface area contributed by atoms with Gasteiger partial charge in [0.1, 0.15) is 5.82 Å². The lowest BCUT2D eigenvalue weighted by molar-refractivity contribution is -0.114. The van der Waals surface area contributed by atoms with Crippen LogP contribution >= 0.6 is 0 Å². The maximum Gasteiger partial charge on any atom is 0.229 e. The number of hydrogen-bond acceptors (Lipinski definition) is 5. The molecule has 1 aromatic heterocycles. The normalized spacial score (nSPS) is 10.2. The second kappa shape index (κ2) is 8.11. The van der Waals surface area contributed by atoms with Crippen molar-refractivity contribution in [3.63, 3.8) is 0 Å². The van der Waals surface area contributed by atoms with Crippen molar-refractivity contribution in [2.45, 2.75) is 13.5 Å². The number of anilines is 4. The van der Waals surface area contributed by atoms with Gasteiger partial charge in [-0.25, -0.2) is 4.98 Å². The molecule has 132 valence electrons. The van der Waals surface area contributed by atoms with E-state index in [-0.39, 0.29) is 5.91 Å². The number of carbonyl (C=O) groups excluding carboxylic acids is 1. The van der Waals surface area contributed by atoms with Gasteiger partial charge in [0, 0.05) is 38.1 Å². The van der Waals surface area contributed by atoms with E-state index < -0.39 is 0 Å². The molecule has 0 bridgehead atoms. The minimum Gasteiger partial charge on any atom is -0.355 e. The van der Waals surface area contributed by atoms with Gasteiger partial charge < -0.3 is 15.5 Å². The van der Waals surface area contributed by atoms with Crippen molar-refractivity contribution >= 4 is 29.0 Å². The summed E-state index contributed by atoms with van der Waals surface area (Å²) in [5.74, 6) is 1.26. The standard InChI is InChI=1S/C20H21N5O/c1-15(26)22-17-8-10-18(11-9-17)23-20-21-13-12-19(24-20)25(2)14-16-6-4-3-5-7-16/h3-13H,14H2,1-2H3,(H,22,26)(H,21,23,24). The number of hydrogen-bond donors (Lipinski definition) is 2. The number of carbonyl (C=O) groups is 1. The highest BCUT2D eigenvalue weighted by molar-refractivity contribution is 5.88. The van der Waals surface area contributed by atoms with Gasteiger partial charge in [-0.2, -0.15) is 4.98 Å². The van der Waals surface area contributed by atoms with Crippen LogP contribution in [-0.2, 0) is 11.3 Å². The maximum atomic E-state index is 11.1. The smallest absolute Gasteiger partial charge is 0.229 e. The van der Waals surface area contributed by atoms with Gasteiger partial charge in [-0.1, -0.05) is 30.3 Å². The van der Waals surface area contributed by atoms with Crippen LogP contribution in [0.5, 0.6) is 0 Å². The molecule has 0 fully saturated rings. The van der Waals surface area contributed by atoms with E-state index in [1.54, 1.807) is 6.20 Å². The van der Waals surface area contributed by atoms with E-state index in [0.717, 1.165) is 23.7 Å². The van der Waals surface area contributed by atoms with E-state index in [1.165, 1.54) is 12.5 Å². The fraction of sp³-hybridized carbons (Fsp3) is 0.150. The van der Waals surface area contributed by atoms with E-state index in [2.05, 4.69) is 37.6 Å². The van der Waals surface area contributed by atoms with Crippen LogP contribution in [0.3, 0.4) is 0 Å². The van der Waals surface area contributed by atoms with Crippen molar-refractivity contribution in [2.24, 2.45) is 0 Å². The van der Waals surface area contributed by atoms with Gasteiger partial charge in [-0.15, -0.1) is 0 Å². The molecule has 0 spiro atoms. The van der Waals surface area contributed by atoms with Crippen LogP contribution in [0.2, 0.25) is 0 Å². The van der Waals surface area contributed by atoms with Gasteiger partial charge in [0.15, 0.2) is 0 Å². The van der Waals surface area contributed by atoms with Crippen LogP contribution in [0.15, 0.2) is 66.9 Å². The fourth-order valence-corrected chi connectivity index (χ4v) is 2.53. The molecule has 2 N–H and O–H groups in total. The van der Waals surface area contributed by atoms with Crippen LogP contribution in [0, 0.1) is 0 Å². The highest BCUT2D eigenvalue weighted by Crippen LogP contribution is 2.19. The number of nitrogens with zero attached hydrogens (tertiary/aromatic N) is 3. The quantitative estimate of drug-likeness (QED) is 0.709. The Morgan fingerprint density at radius 1 is 1.00 bits per heavy atom. The molecule has 1 heterocycles. The Hall–Kier alpha value is -3.41. The Morgan fingerprint density at radius 3 is 2.38 bits per heavy atom. The summed E-state index contributed by atoms with van der Waals surface area (Å²) in [5, 5.41) is 5.92. The Balaban J connectivity index is 1.68. The fourth-order valence-electron chi connectivity index (χ4n) is 2.53. The molecule has 2 aromatic carbocycles. The number of benzene rings is 2. The Bertz CT molecular complexity index is 865. The second-order valence-corrected chi connectivity index (χ2v) is 5.96. The minimum absolute atomic E-state index is 0.0943. The number of nitrogens with one attached hydrogen (secondary N) is 2. The van der Waals surface area contributed by atoms with Gasteiger partial charge >= 0.3 is 0 Å². The second-order valence-electron chi connectivity index (χ2n) is 5.96. The molecule has 3 rings (SSSR count). The zero-order valence-corrected chi connectivity index (χ0v) is 14.8. The summed E-state index contributed by atoms with van der Waals surface area (Å²) in [5.41, 5.74) is 2.82. The Labute approximate surface area is 152 Å². The summed E-state index contributed by atoms with van der Waals surface area (Å²) >= 11 is 0. The van der Waals surface area contributed by atoms with Gasteiger partial charge in [0.05, 0.1) is 0 Å². The predicted octanol–water partition coefficient (Wildman–Crippen LogP) is 3.82. The number of rotatable bonds is 6. The van der Waals surface area contributed by atoms with Crippen molar-refractivity contribution in [3.8, 4) is 0 Å². The molecule has 0 aliphatic carbocycles. The SMILES string of the molecule is CC(=O)Nc1ccc(Nc2nccc(N(C)Cc3ccccc3)n2)cc1. The van der Waals surface area contributed by atoms with Crippen molar-refractivity contribution in [2.75, 3.05) is 22.6 Å². The molecule has 6 heteroatoms. The molecule has 0 saturated carbocycles. The third-order valence-corrected chi connectivity index (χ3v) is 3.76.